The van der Waals surface area contributed by atoms with Crippen molar-refractivity contribution in [2.24, 2.45) is 5.41 Å². The standard InChI is InChI=1S/C11H15N3O2/c1-11(3-4-11)10(15)14-9-8(16-2)5-7(12)6-13-9/h5-6H,3-4,12H2,1-2H3,(H,13,14,15). The topological polar surface area (TPSA) is 77.2 Å². The molecule has 3 N–H and O–H groups in total. The number of carbonyl (C=O) groups is 1. The van der Waals surface area contributed by atoms with Crippen LogP contribution in [-0.2, 0) is 4.79 Å². The Balaban J connectivity index is 2.17. The molecule has 1 aromatic heterocycles. The number of rotatable bonds is 3. The summed E-state index contributed by atoms with van der Waals surface area (Å²) in [6.07, 6.45) is 3.35. The number of nitrogen functional groups attached to an aromatic ring is 1. The molecule has 0 aromatic carbocycles. The van der Waals surface area contributed by atoms with Crippen LogP contribution in [0.15, 0.2) is 12.3 Å². The highest BCUT2D eigenvalue weighted by Crippen LogP contribution is 2.46. The minimum atomic E-state index is -0.228. The van der Waals surface area contributed by atoms with Crippen molar-refractivity contribution in [1.82, 2.24) is 4.98 Å². The number of ether oxygens (including phenoxy) is 1. The largest absolute Gasteiger partial charge is 0.493 e. The average molecular weight is 221 g/mol. The van der Waals surface area contributed by atoms with E-state index in [2.05, 4.69) is 10.3 Å². The van der Waals surface area contributed by atoms with Crippen molar-refractivity contribution in [3.05, 3.63) is 12.3 Å². The third-order valence-electron chi connectivity index (χ3n) is 2.87. The molecule has 2 rings (SSSR count). The van der Waals surface area contributed by atoms with Gasteiger partial charge in [0, 0.05) is 11.5 Å². The predicted molar refractivity (Wildman–Crippen MR) is 61.2 cm³/mol. The van der Waals surface area contributed by atoms with Gasteiger partial charge in [0.25, 0.3) is 0 Å². The Bertz CT molecular complexity index is 427. The van der Waals surface area contributed by atoms with Gasteiger partial charge in [-0.1, -0.05) is 6.92 Å². The van der Waals surface area contributed by atoms with Gasteiger partial charge in [-0.05, 0) is 12.8 Å². The molecule has 1 heterocycles. The van der Waals surface area contributed by atoms with Gasteiger partial charge in [0.1, 0.15) is 0 Å². The second-order valence-corrected chi connectivity index (χ2v) is 4.33. The second kappa shape index (κ2) is 3.66. The van der Waals surface area contributed by atoms with Gasteiger partial charge >= 0.3 is 0 Å². The summed E-state index contributed by atoms with van der Waals surface area (Å²) in [6, 6.07) is 1.64. The molecule has 0 radical (unpaired) electrons. The summed E-state index contributed by atoms with van der Waals surface area (Å²) < 4.78 is 5.10. The number of nitrogens with zero attached hydrogens (tertiary/aromatic N) is 1. The molecule has 0 bridgehead atoms. The number of amides is 1. The Morgan fingerprint density at radius 2 is 2.31 bits per heavy atom. The van der Waals surface area contributed by atoms with Gasteiger partial charge in [-0.2, -0.15) is 0 Å². The molecule has 0 spiro atoms. The molecule has 0 atom stereocenters. The molecule has 1 aliphatic rings. The maximum Gasteiger partial charge on any atom is 0.231 e. The van der Waals surface area contributed by atoms with Crippen molar-refractivity contribution in [3.8, 4) is 5.75 Å². The van der Waals surface area contributed by atoms with E-state index in [4.69, 9.17) is 10.5 Å². The molecule has 1 amide bonds. The number of hydrogen-bond donors (Lipinski definition) is 2. The predicted octanol–water partition coefficient (Wildman–Crippen LogP) is 1.41. The number of pyridine rings is 1. The number of aromatic nitrogens is 1. The monoisotopic (exact) mass is 221 g/mol. The lowest BCUT2D eigenvalue weighted by molar-refractivity contribution is -0.120. The average Bonchev–Trinajstić information content (AvgIpc) is 3.00. The lowest BCUT2D eigenvalue weighted by atomic mass is 10.1. The van der Waals surface area contributed by atoms with E-state index >= 15 is 0 Å². The molecule has 5 nitrogen and oxygen atoms in total. The minimum Gasteiger partial charge on any atom is -0.493 e. The summed E-state index contributed by atoms with van der Waals surface area (Å²) >= 11 is 0. The van der Waals surface area contributed by atoms with Crippen LogP contribution in [0, 0.1) is 5.41 Å². The number of hydrogen-bond acceptors (Lipinski definition) is 4. The van der Waals surface area contributed by atoms with Crippen LogP contribution in [0.1, 0.15) is 19.8 Å². The van der Waals surface area contributed by atoms with Crippen LogP contribution in [0.5, 0.6) is 5.75 Å². The Labute approximate surface area is 94.0 Å². The van der Waals surface area contributed by atoms with Crippen LogP contribution in [0.4, 0.5) is 11.5 Å². The van der Waals surface area contributed by atoms with Crippen molar-refractivity contribution < 1.29 is 9.53 Å². The minimum absolute atomic E-state index is 0.0110. The molecule has 16 heavy (non-hydrogen) atoms. The normalized spacial score (nSPS) is 16.6. The van der Waals surface area contributed by atoms with Gasteiger partial charge in [-0.25, -0.2) is 4.98 Å². The van der Waals surface area contributed by atoms with Gasteiger partial charge in [0.05, 0.1) is 19.0 Å². The van der Waals surface area contributed by atoms with Gasteiger partial charge < -0.3 is 15.8 Å². The number of carbonyl (C=O) groups excluding carboxylic acids is 1. The Hall–Kier alpha value is -1.78. The molecule has 0 unspecified atom stereocenters. The number of nitrogens with one attached hydrogen (secondary N) is 1. The maximum atomic E-state index is 11.8. The van der Waals surface area contributed by atoms with E-state index in [-0.39, 0.29) is 11.3 Å². The Morgan fingerprint density at radius 3 is 2.88 bits per heavy atom. The first-order valence-electron chi connectivity index (χ1n) is 5.16. The van der Waals surface area contributed by atoms with Crippen molar-refractivity contribution in [2.45, 2.75) is 19.8 Å². The van der Waals surface area contributed by atoms with Gasteiger partial charge in [0.2, 0.25) is 5.91 Å². The fraction of sp³-hybridized carbons (Fsp3) is 0.455. The van der Waals surface area contributed by atoms with Crippen LogP contribution in [0.3, 0.4) is 0 Å². The summed E-state index contributed by atoms with van der Waals surface area (Å²) in [5.41, 5.74) is 5.86. The zero-order valence-electron chi connectivity index (χ0n) is 9.41. The van der Waals surface area contributed by atoms with E-state index in [0.29, 0.717) is 17.3 Å². The fourth-order valence-electron chi connectivity index (χ4n) is 1.38. The summed E-state index contributed by atoms with van der Waals surface area (Å²) in [7, 11) is 1.52. The van der Waals surface area contributed by atoms with Crippen molar-refractivity contribution in [2.75, 3.05) is 18.2 Å². The Morgan fingerprint density at radius 1 is 1.62 bits per heavy atom. The quantitative estimate of drug-likeness (QED) is 0.809. The molecule has 1 aromatic rings. The van der Waals surface area contributed by atoms with Gasteiger partial charge in [-0.3, -0.25) is 4.79 Å². The van der Waals surface area contributed by atoms with E-state index in [1.165, 1.54) is 13.3 Å². The van der Waals surface area contributed by atoms with Crippen LogP contribution in [-0.4, -0.2) is 18.0 Å². The second-order valence-electron chi connectivity index (χ2n) is 4.33. The van der Waals surface area contributed by atoms with Gasteiger partial charge in [-0.15, -0.1) is 0 Å². The smallest absolute Gasteiger partial charge is 0.231 e. The number of anilines is 2. The zero-order chi connectivity index (χ0) is 11.8. The van der Waals surface area contributed by atoms with Crippen LogP contribution >= 0.6 is 0 Å². The molecule has 0 saturated heterocycles. The Kier molecular flexibility index (Phi) is 2.46. The highest BCUT2D eigenvalue weighted by atomic mass is 16.5. The highest BCUT2D eigenvalue weighted by Gasteiger charge is 2.45. The molecule has 5 heteroatoms. The van der Waals surface area contributed by atoms with Crippen molar-refractivity contribution >= 4 is 17.4 Å². The van der Waals surface area contributed by atoms with E-state index in [1.807, 2.05) is 6.92 Å². The molecule has 1 saturated carbocycles. The van der Waals surface area contributed by atoms with Crippen LogP contribution in [0.2, 0.25) is 0 Å². The maximum absolute atomic E-state index is 11.8. The van der Waals surface area contributed by atoms with Crippen LogP contribution < -0.4 is 15.8 Å². The van der Waals surface area contributed by atoms with Crippen LogP contribution in [0.25, 0.3) is 0 Å². The zero-order valence-corrected chi connectivity index (χ0v) is 9.41. The van der Waals surface area contributed by atoms with E-state index in [0.717, 1.165) is 12.8 Å². The lowest BCUT2D eigenvalue weighted by Gasteiger charge is -2.12. The summed E-state index contributed by atoms with van der Waals surface area (Å²) in [5.74, 6) is 0.899. The summed E-state index contributed by atoms with van der Waals surface area (Å²) in [4.78, 5) is 15.9. The first kappa shape index (κ1) is 10.7. The van der Waals surface area contributed by atoms with Crippen molar-refractivity contribution in [1.29, 1.82) is 0 Å². The first-order valence-corrected chi connectivity index (χ1v) is 5.16. The molecule has 86 valence electrons. The summed E-state index contributed by atoms with van der Waals surface area (Å²) in [5, 5.41) is 2.76. The highest BCUT2D eigenvalue weighted by molar-refractivity contribution is 5.97. The molecule has 0 aliphatic heterocycles. The first-order chi connectivity index (χ1) is 7.55. The third-order valence-corrected chi connectivity index (χ3v) is 2.87. The molecular formula is C11H15N3O2. The SMILES string of the molecule is COc1cc(N)cnc1NC(=O)C1(C)CC1. The number of methoxy groups -OCH3 is 1. The summed E-state index contributed by atoms with van der Waals surface area (Å²) in [6.45, 7) is 1.94. The van der Waals surface area contributed by atoms with E-state index in [9.17, 15) is 4.79 Å². The molecular weight excluding hydrogens is 206 g/mol. The van der Waals surface area contributed by atoms with E-state index in [1.54, 1.807) is 6.07 Å². The fourth-order valence-corrected chi connectivity index (χ4v) is 1.38. The van der Waals surface area contributed by atoms with Gasteiger partial charge in [0.15, 0.2) is 11.6 Å². The third kappa shape index (κ3) is 1.93. The molecule has 1 aliphatic carbocycles. The van der Waals surface area contributed by atoms with E-state index < -0.39 is 0 Å². The van der Waals surface area contributed by atoms with Crippen molar-refractivity contribution in [3.63, 3.8) is 0 Å². The molecule has 1 fully saturated rings. The lowest BCUT2D eigenvalue weighted by Crippen LogP contribution is -2.22. The number of nitrogens with two attached hydrogens (primary N) is 1.